The summed E-state index contributed by atoms with van der Waals surface area (Å²) >= 11 is 1.55. The van der Waals surface area contributed by atoms with Gasteiger partial charge in [-0.3, -0.25) is 14.8 Å². The van der Waals surface area contributed by atoms with Gasteiger partial charge < -0.3 is 9.47 Å². The molecule has 1 amide bonds. The molecule has 3 heterocycles. The Morgan fingerprint density at radius 3 is 2.34 bits per heavy atom. The first-order valence-corrected chi connectivity index (χ1v) is 11.8. The number of carbonyl (C=O) groups is 3. The molecule has 5 rings (SSSR count). The summed E-state index contributed by atoms with van der Waals surface area (Å²) in [6.07, 6.45) is 0. The van der Waals surface area contributed by atoms with Crippen molar-refractivity contribution in [3.63, 3.8) is 0 Å². The molecule has 1 aliphatic heterocycles. The maximum absolute atomic E-state index is 13.6. The molecule has 0 spiro atoms. The first kappa shape index (κ1) is 22.5. The first-order valence-electron chi connectivity index (χ1n) is 10.9. The Kier molecular flexibility index (Phi) is 5.92. The molecule has 0 aliphatic carbocycles. The van der Waals surface area contributed by atoms with E-state index in [9.17, 15) is 14.4 Å². The van der Waals surface area contributed by atoms with Gasteiger partial charge in [0.25, 0.3) is 5.91 Å². The Labute approximate surface area is 205 Å². The Bertz CT molecular complexity index is 1390. The zero-order chi connectivity index (χ0) is 24.5. The second-order valence-electron chi connectivity index (χ2n) is 7.80. The average Bonchev–Trinajstić information content (AvgIpc) is 3.62. The molecule has 0 saturated heterocycles. The number of carbonyl (C=O) groups excluding carboxylic acids is 3. The van der Waals surface area contributed by atoms with Crippen molar-refractivity contribution >= 4 is 34.9 Å². The number of aromatic nitrogens is 2. The summed E-state index contributed by atoms with van der Waals surface area (Å²) in [5.74, 6) is -1.12. The van der Waals surface area contributed by atoms with E-state index in [1.54, 1.807) is 59.6 Å². The third-order valence-electron chi connectivity index (χ3n) is 5.83. The van der Waals surface area contributed by atoms with Crippen molar-refractivity contribution in [1.82, 2.24) is 10.2 Å². The van der Waals surface area contributed by atoms with E-state index in [-0.39, 0.29) is 12.5 Å². The number of nitrogens with zero attached hydrogens (tertiary/aromatic N) is 2. The number of anilines is 1. The predicted molar refractivity (Wildman–Crippen MR) is 131 cm³/mol. The van der Waals surface area contributed by atoms with Crippen LogP contribution in [0.5, 0.6) is 0 Å². The summed E-state index contributed by atoms with van der Waals surface area (Å²) in [7, 11) is 1.33. The number of aromatic amines is 1. The van der Waals surface area contributed by atoms with Crippen LogP contribution >= 0.6 is 11.3 Å². The summed E-state index contributed by atoms with van der Waals surface area (Å²) in [4.78, 5) is 40.3. The highest BCUT2D eigenvalue weighted by atomic mass is 32.1. The molecule has 8 nitrogen and oxygen atoms in total. The molecule has 1 aliphatic rings. The molecule has 9 heteroatoms. The molecule has 2 aromatic heterocycles. The summed E-state index contributed by atoms with van der Waals surface area (Å²) in [6.45, 7) is 2.03. The zero-order valence-corrected chi connectivity index (χ0v) is 19.8. The van der Waals surface area contributed by atoms with Gasteiger partial charge in [0.15, 0.2) is 5.69 Å². The standard InChI is InChI=1S/C26H21N3O5S/c1-3-34-26(32)17-10-12-18(13-11-17)29-23(15-6-8-16(9-7-15)25(31)33-2)20-21(19-5-4-14-35-19)27-28-22(20)24(29)30/h4-14,23H,3H2,1-2H3,(H,27,28)/t23-/m1/s1. The summed E-state index contributed by atoms with van der Waals surface area (Å²) in [5, 5.41) is 9.36. The van der Waals surface area contributed by atoms with Gasteiger partial charge in [-0.1, -0.05) is 18.2 Å². The van der Waals surface area contributed by atoms with Gasteiger partial charge in [0.05, 0.1) is 41.5 Å². The number of hydrogen-bond acceptors (Lipinski definition) is 7. The fraction of sp³-hybridized carbons (Fsp3) is 0.154. The Morgan fingerprint density at radius 1 is 1.03 bits per heavy atom. The van der Waals surface area contributed by atoms with Crippen LogP contribution in [0, 0.1) is 0 Å². The van der Waals surface area contributed by atoms with E-state index >= 15 is 0 Å². The van der Waals surface area contributed by atoms with Crippen LogP contribution in [0.4, 0.5) is 5.69 Å². The van der Waals surface area contributed by atoms with E-state index in [1.807, 2.05) is 29.6 Å². The van der Waals surface area contributed by atoms with E-state index in [2.05, 4.69) is 10.2 Å². The fourth-order valence-electron chi connectivity index (χ4n) is 4.22. The van der Waals surface area contributed by atoms with E-state index in [4.69, 9.17) is 9.47 Å². The minimum Gasteiger partial charge on any atom is -0.465 e. The van der Waals surface area contributed by atoms with Gasteiger partial charge in [-0.15, -0.1) is 11.3 Å². The van der Waals surface area contributed by atoms with Crippen molar-refractivity contribution in [2.45, 2.75) is 13.0 Å². The van der Waals surface area contributed by atoms with Crippen molar-refractivity contribution in [3.05, 3.63) is 94.0 Å². The van der Waals surface area contributed by atoms with Crippen molar-refractivity contribution < 1.29 is 23.9 Å². The van der Waals surface area contributed by atoms with Crippen molar-refractivity contribution in [1.29, 1.82) is 0 Å². The molecule has 0 radical (unpaired) electrons. The molecule has 1 atom stereocenters. The molecular weight excluding hydrogens is 466 g/mol. The topological polar surface area (TPSA) is 102 Å². The lowest BCUT2D eigenvalue weighted by Gasteiger charge is -2.26. The Balaban J connectivity index is 1.61. The molecule has 35 heavy (non-hydrogen) atoms. The highest BCUT2D eigenvalue weighted by molar-refractivity contribution is 7.13. The van der Waals surface area contributed by atoms with Gasteiger partial charge in [-0.05, 0) is 60.3 Å². The predicted octanol–water partition coefficient (Wildman–Crippen LogP) is 4.85. The quantitative estimate of drug-likeness (QED) is 0.390. The highest BCUT2D eigenvalue weighted by Crippen LogP contribution is 2.45. The Hall–Kier alpha value is -4.24. The SMILES string of the molecule is CCOC(=O)c1ccc(N2C(=O)c3n[nH]c(-c4cccs4)c3[C@H]2c2ccc(C(=O)OC)cc2)cc1. The van der Waals surface area contributed by atoms with E-state index < -0.39 is 18.0 Å². The van der Waals surface area contributed by atoms with Gasteiger partial charge >= 0.3 is 11.9 Å². The van der Waals surface area contributed by atoms with Crippen LogP contribution in [0.1, 0.15) is 55.3 Å². The minimum atomic E-state index is -0.492. The van der Waals surface area contributed by atoms with Crippen LogP contribution in [-0.4, -0.2) is 41.8 Å². The zero-order valence-electron chi connectivity index (χ0n) is 19.0. The maximum Gasteiger partial charge on any atom is 0.338 e. The van der Waals surface area contributed by atoms with Gasteiger partial charge in [0.2, 0.25) is 0 Å². The van der Waals surface area contributed by atoms with Crippen molar-refractivity contribution in [2.75, 3.05) is 18.6 Å². The highest BCUT2D eigenvalue weighted by Gasteiger charge is 2.43. The minimum absolute atomic E-state index is 0.259. The molecular formula is C26H21N3O5S. The molecule has 2 aromatic carbocycles. The van der Waals surface area contributed by atoms with Crippen molar-refractivity contribution in [3.8, 4) is 10.6 Å². The second-order valence-corrected chi connectivity index (χ2v) is 8.74. The summed E-state index contributed by atoms with van der Waals surface area (Å²) < 4.78 is 9.88. The fourth-order valence-corrected chi connectivity index (χ4v) is 4.96. The molecule has 0 bridgehead atoms. The number of rotatable bonds is 6. The summed E-state index contributed by atoms with van der Waals surface area (Å²) in [5.41, 5.74) is 4.10. The number of ether oxygens (including phenoxy) is 2. The molecule has 0 unspecified atom stereocenters. The third-order valence-corrected chi connectivity index (χ3v) is 6.72. The number of thiophene rings is 1. The number of nitrogens with one attached hydrogen (secondary N) is 1. The maximum atomic E-state index is 13.6. The number of benzene rings is 2. The number of hydrogen-bond donors (Lipinski definition) is 1. The van der Waals surface area contributed by atoms with Gasteiger partial charge in [0, 0.05) is 11.3 Å². The third kappa shape index (κ3) is 3.89. The number of fused-ring (bicyclic) bond motifs is 1. The average molecular weight is 488 g/mol. The van der Waals surface area contributed by atoms with Gasteiger partial charge in [-0.25, -0.2) is 9.59 Å². The van der Waals surface area contributed by atoms with Crippen LogP contribution in [-0.2, 0) is 9.47 Å². The normalized spacial score (nSPS) is 14.6. The van der Waals surface area contributed by atoms with Crippen LogP contribution < -0.4 is 4.90 Å². The molecule has 176 valence electrons. The lowest BCUT2D eigenvalue weighted by molar-refractivity contribution is 0.0525. The lowest BCUT2D eigenvalue weighted by atomic mass is 9.97. The van der Waals surface area contributed by atoms with Crippen LogP contribution in [0.15, 0.2) is 66.0 Å². The first-order chi connectivity index (χ1) is 17.0. The number of amides is 1. The monoisotopic (exact) mass is 487 g/mol. The molecule has 1 N–H and O–H groups in total. The van der Waals surface area contributed by atoms with E-state index in [1.165, 1.54) is 7.11 Å². The summed E-state index contributed by atoms with van der Waals surface area (Å²) in [6, 6.07) is 17.1. The van der Waals surface area contributed by atoms with Gasteiger partial charge in [-0.2, -0.15) is 5.10 Å². The largest absolute Gasteiger partial charge is 0.465 e. The van der Waals surface area contributed by atoms with E-state index in [0.717, 1.165) is 21.7 Å². The van der Waals surface area contributed by atoms with Crippen LogP contribution in [0.25, 0.3) is 10.6 Å². The second kappa shape index (κ2) is 9.19. The smallest absolute Gasteiger partial charge is 0.338 e. The number of esters is 2. The van der Waals surface area contributed by atoms with Crippen LogP contribution in [0.3, 0.4) is 0 Å². The number of H-pyrrole nitrogens is 1. The van der Waals surface area contributed by atoms with Gasteiger partial charge in [0.1, 0.15) is 0 Å². The molecule has 0 fully saturated rings. The van der Waals surface area contributed by atoms with Crippen molar-refractivity contribution in [2.24, 2.45) is 0 Å². The molecule has 4 aromatic rings. The number of methoxy groups -OCH3 is 1. The lowest BCUT2D eigenvalue weighted by Crippen LogP contribution is -2.29. The van der Waals surface area contributed by atoms with Crippen LogP contribution in [0.2, 0.25) is 0 Å². The Morgan fingerprint density at radius 2 is 1.71 bits per heavy atom. The molecule has 0 saturated carbocycles. The van der Waals surface area contributed by atoms with E-state index in [0.29, 0.717) is 22.5 Å².